The Balaban J connectivity index is 1.98. The highest BCUT2D eigenvalue weighted by molar-refractivity contribution is 6.06. The fourth-order valence-corrected chi connectivity index (χ4v) is 3.16. The molecule has 0 aliphatic heterocycles. The maximum atomic E-state index is 11.6. The van der Waals surface area contributed by atoms with Gasteiger partial charge in [0.2, 0.25) is 0 Å². The summed E-state index contributed by atoms with van der Waals surface area (Å²) in [7, 11) is 0. The third-order valence-corrected chi connectivity index (χ3v) is 4.12. The molecule has 94 valence electrons. The van der Waals surface area contributed by atoms with Crippen LogP contribution in [0.4, 0.5) is 0 Å². The molecule has 0 saturated heterocycles. The fourth-order valence-electron chi connectivity index (χ4n) is 3.16. The van der Waals surface area contributed by atoms with Crippen LogP contribution < -0.4 is 0 Å². The first-order valence-electron chi connectivity index (χ1n) is 6.84. The number of hydrogen-bond donors (Lipinski definition) is 0. The molecule has 2 nitrogen and oxygen atoms in total. The van der Waals surface area contributed by atoms with Crippen LogP contribution >= 0.6 is 0 Å². The summed E-state index contributed by atoms with van der Waals surface area (Å²) >= 11 is 0. The highest BCUT2D eigenvalue weighted by Crippen LogP contribution is 2.28. The number of nitrogens with zero attached hydrogens (tertiary/aromatic N) is 1. The molecule has 1 fully saturated rings. The zero-order valence-electron chi connectivity index (χ0n) is 10.9. The van der Waals surface area contributed by atoms with Gasteiger partial charge in [0.1, 0.15) is 0 Å². The Morgan fingerprint density at radius 2 is 2.06 bits per heavy atom. The van der Waals surface area contributed by atoms with E-state index in [2.05, 4.69) is 22.9 Å². The van der Waals surface area contributed by atoms with E-state index in [1.54, 1.807) is 6.92 Å². The normalized spacial score (nSPS) is 16.5. The molecule has 1 aliphatic carbocycles. The number of rotatable bonds is 3. The first-order valence-corrected chi connectivity index (χ1v) is 6.84. The van der Waals surface area contributed by atoms with Crippen molar-refractivity contribution in [3.8, 4) is 0 Å². The van der Waals surface area contributed by atoms with E-state index in [4.69, 9.17) is 0 Å². The van der Waals surface area contributed by atoms with Crippen LogP contribution in [0, 0.1) is 5.92 Å². The Morgan fingerprint density at radius 1 is 1.28 bits per heavy atom. The highest BCUT2D eigenvalue weighted by Gasteiger charge is 2.16. The van der Waals surface area contributed by atoms with Crippen LogP contribution in [0.3, 0.4) is 0 Å². The van der Waals surface area contributed by atoms with Crippen molar-refractivity contribution in [3.63, 3.8) is 0 Å². The molecule has 3 rings (SSSR count). The summed E-state index contributed by atoms with van der Waals surface area (Å²) in [6, 6.07) is 8.12. The molecular weight excluding hydrogens is 222 g/mol. The number of benzene rings is 1. The van der Waals surface area contributed by atoms with E-state index >= 15 is 0 Å². The zero-order chi connectivity index (χ0) is 12.5. The second kappa shape index (κ2) is 4.60. The van der Waals surface area contributed by atoms with E-state index in [1.807, 2.05) is 12.1 Å². The minimum Gasteiger partial charge on any atom is -0.347 e. The molecule has 2 aromatic rings. The smallest absolute Gasteiger partial charge is 0.160 e. The number of ketones is 1. The first kappa shape index (κ1) is 11.5. The van der Waals surface area contributed by atoms with Crippen LogP contribution in [0.25, 0.3) is 10.9 Å². The van der Waals surface area contributed by atoms with Crippen molar-refractivity contribution in [1.29, 1.82) is 0 Å². The van der Waals surface area contributed by atoms with Crippen LogP contribution in [0.5, 0.6) is 0 Å². The number of Topliss-reactive ketones (excluding diaryl/α,β-unsaturated/α-hetero) is 1. The monoisotopic (exact) mass is 241 g/mol. The van der Waals surface area contributed by atoms with Gasteiger partial charge in [0.15, 0.2) is 5.78 Å². The van der Waals surface area contributed by atoms with Gasteiger partial charge < -0.3 is 4.57 Å². The second-order valence-electron chi connectivity index (χ2n) is 5.41. The summed E-state index contributed by atoms with van der Waals surface area (Å²) in [5, 5.41) is 1.10. The minimum atomic E-state index is 0.152. The minimum absolute atomic E-state index is 0.152. The molecule has 1 aliphatic rings. The Kier molecular flexibility index (Phi) is 2.94. The molecule has 1 heterocycles. The fraction of sp³-hybridized carbons (Fsp3) is 0.438. The summed E-state index contributed by atoms with van der Waals surface area (Å²) in [4.78, 5) is 11.6. The molecule has 0 amide bonds. The molecule has 0 N–H and O–H groups in total. The lowest BCUT2D eigenvalue weighted by Gasteiger charge is -2.11. The predicted molar refractivity (Wildman–Crippen MR) is 73.9 cm³/mol. The molecule has 1 aromatic carbocycles. The Morgan fingerprint density at radius 3 is 2.78 bits per heavy atom. The summed E-state index contributed by atoms with van der Waals surface area (Å²) < 4.78 is 2.32. The maximum absolute atomic E-state index is 11.6. The van der Waals surface area contributed by atoms with Gasteiger partial charge in [-0.05, 0) is 37.8 Å². The lowest BCUT2D eigenvalue weighted by atomic mass is 10.1. The average Bonchev–Trinajstić information content (AvgIpc) is 2.99. The van der Waals surface area contributed by atoms with E-state index in [9.17, 15) is 4.79 Å². The summed E-state index contributed by atoms with van der Waals surface area (Å²) in [6.45, 7) is 2.74. The van der Waals surface area contributed by atoms with Gasteiger partial charge >= 0.3 is 0 Å². The van der Waals surface area contributed by atoms with E-state index in [-0.39, 0.29) is 5.78 Å². The van der Waals surface area contributed by atoms with Crippen molar-refractivity contribution in [1.82, 2.24) is 4.57 Å². The van der Waals surface area contributed by atoms with Crippen LogP contribution in [0.1, 0.15) is 43.0 Å². The molecule has 0 bridgehead atoms. The molecule has 0 radical (unpaired) electrons. The third kappa shape index (κ3) is 1.96. The van der Waals surface area contributed by atoms with Crippen molar-refractivity contribution in [2.45, 2.75) is 39.2 Å². The predicted octanol–water partition coefficient (Wildman–Crippen LogP) is 4.03. The van der Waals surface area contributed by atoms with Crippen LogP contribution in [0.2, 0.25) is 0 Å². The van der Waals surface area contributed by atoms with Crippen LogP contribution in [-0.2, 0) is 6.54 Å². The Bertz CT molecular complexity index is 576. The van der Waals surface area contributed by atoms with Crippen molar-refractivity contribution < 1.29 is 4.79 Å². The molecule has 2 heteroatoms. The molecule has 1 aromatic heterocycles. The second-order valence-corrected chi connectivity index (χ2v) is 5.41. The quantitative estimate of drug-likeness (QED) is 0.743. The lowest BCUT2D eigenvalue weighted by Crippen LogP contribution is -2.06. The summed E-state index contributed by atoms with van der Waals surface area (Å²) in [5.41, 5.74) is 2.05. The average molecular weight is 241 g/mol. The Hall–Kier alpha value is -1.57. The first-order chi connectivity index (χ1) is 8.75. The van der Waals surface area contributed by atoms with Crippen molar-refractivity contribution in [2.75, 3.05) is 0 Å². The van der Waals surface area contributed by atoms with E-state index < -0.39 is 0 Å². The van der Waals surface area contributed by atoms with Gasteiger partial charge in [-0.1, -0.05) is 25.0 Å². The number of carbonyl (C=O) groups is 1. The van der Waals surface area contributed by atoms with Crippen molar-refractivity contribution >= 4 is 16.7 Å². The van der Waals surface area contributed by atoms with Crippen LogP contribution in [-0.4, -0.2) is 10.4 Å². The largest absolute Gasteiger partial charge is 0.347 e. The molecule has 0 unspecified atom stereocenters. The molecule has 18 heavy (non-hydrogen) atoms. The molecule has 0 atom stereocenters. The van der Waals surface area contributed by atoms with Gasteiger partial charge in [-0.15, -0.1) is 0 Å². The number of aromatic nitrogens is 1. The molecule has 0 spiro atoms. The van der Waals surface area contributed by atoms with E-state index in [1.165, 1.54) is 31.2 Å². The summed E-state index contributed by atoms with van der Waals surface area (Å²) in [5.74, 6) is 0.973. The van der Waals surface area contributed by atoms with Gasteiger partial charge in [-0.2, -0.15) is 0 Å². The molecular formula is C16H19NO. The van der Waals surface area contributed by atoms with Gasteiger partial charge in [-0.3, -0.25) is 4.79 Å². The van der Waals surface area contributed by atoms with E-state index in [0.717, 1.165) is 23.4 Å². The molecule has 1 saturated carbocycles. The Labute approximate surface area is 108 Å². The van der Waals surface area contributed by atoms with Crippen molar-refractivity contribution in [2.24, 2.45) is 5.92 Å². The summed E-state index contributed by atoms with van der Waals surface area (Å²) in [6.07, 6.45) is 7.60. The highest BCUT2D eigenvalue weighted by atomic mass is 16.1. The third-order valence-electron chi connectivity index (χ3n) is 4.12. The van der Waals surface area contributed by atoms with Gasteiger partial charge in [0, 0.05) is 29.2 Å². The van der Waals surface area contributed by atoms with Gasteiger partial charge in [0.25, 0.3) is 0 Å². The van der Waals surface area contributed by atoms with Gasteiger partial charge in [-0.25, -0.2) is 0 Å². The lowest BCUT2D eigenvalue weighted by molar-refractivity contribution is 0.101. The number of carbonyl (C=O) groups excluding carboxylic acids is 1. The SMILES string of the molecule is CC(=O)c1cccc2c1ccn2CC1CCCC1. The number of hydrogen-bond acceptors (Lipinski definition) is 1. The van der Waals surface area contributed by atoms with Gasteiger partial charge in [0.05, 0.1) is 0 Å². The van der Waals surface area contributed by atoms with Crippen molar-refractivity contribution in [3.05, 3.63) is 36.0 Å². The standard InChI is InChI=1S/C16H19NO/c1-12(18)14-7-4-8-16-15(14)9-10-17(16)11-13-5-2-3-6-13/h4,7-10,13H,2-3,5-6,11H2,1H3. The van der Waals surface area contributed by atoms with Crippen LogP contribution in [0.15, 0.2) is 30.5 Å². The maximum Gasteiger partial charge on any atom is 0.160 e. The topological polar surface area (TPSA) is 22.0 Å². The van der Waals surface area contributed by atoms with E-state index in [0.29, 0.717) is 0 Å². The zero-order valence-corrected chi connectivity index (χ0v) is 10.9. The number of fused-ring (bicyclic) bond motifs is 1.